The minimum Gasteiger partial charge on any atom is -0.492 e. The summed E-state index contributed by atoms with van der Waals surface area (Å²) >= 11 is 7.51. The van der Waals surface area contributed by atoms with Gasteiger partial charge in [0.25, 0.3) is 0 Å². The maximum Gasteiger partial charge on any atom is 0.230 e. The number of hydrogen-bond acceptors (Lipinski definition) is 3. The Hall–Kier alpha value is -1.72. The Bertz CT molecular complexity index is 679. The number of hydrogen-bond donors (Lipinski definition) is 1. The molecule has 0 aromatic heterocycles. The number of amides is 1. The van der Waals surface area contributed by atoms with Crippen molar-refractivity contribution in [2.75, 3.05) is 18.9 Å². The van der Waals surface area contributed by atoms with E-state index >= 15 is 0 Å². The van der Waals surface area contributed by atoms with Crippen LogP contribution in [0.1, 0.15) is 11.1 Å². The Morgan fingerprint density at radius 2 is 2.00 bits per heavy atom. The van der Waals surface area contributed by atoms with E-state index in [1.165, 1.54) is 23.9 Å². The Morgan fingerprint density at radius 3 is 2.71 bits per heavy atom. The van der Waals surface area contributed by atoms with Crippen LogP contribution in [0, 0.1) is 12.7 Å². The second kappa shape index (κ2) is 9.55. The minimum atomic E-state index is -0.253. The van der Waals surface area contributed by atoms with E-state index in [0.29, 0.717) is 35.4 Å². The van der Waals surface area contributed by atoms with Crippen LogP contribution in [0.25, 0.3) is 0 Å². The van der Waals surface area contributed by atoms with E-state index in [1.807, 2.05) is 19.1 Å². The average molecular weight is 368 g/mol. The zero-order chi connectivity index (χ0) is 17.4. The highest BCUT2D eigenvalue weighted by Crippen LogP contribution is 2.21. The van der Waals surface area contributed by atoms with E-state index in [2.05, 4.69) is 5.32 Å². The van der Waals surface area contributed by atoms with Gasteiger partial charge in [-0.25, -0.2) is 4.39 Å². The molecule has 0 fully saturated rings. The molecule has 1 amide bonds. The number of thioether (sulfide) groups is 1. The Kier molecular flexibility index (Phi) is 7.40. The van der Waals surface area contributed by atoms with Gasteiger partial charge in [-0.3, -0.25) is 4.79 Å². The third-order valence-corrected chi connectivity index (χ3v) is 4.66. The van der Waals surface area contributed by atoms with Gasteiger partial charge in [0.1, 0.15) is 18.2 Å². The van der Waals surface area contributed by atoms with Crippen LogP contribution in [0.3, 0.4) is 0 Å². The normalized spacial score (nSPS) is 10.5. The van der Waals surface area contributed by atoms with Crippen molar-refractivity contribution in [1.82, 2.24) is 5.32 Å². The van der Waals surface area contributed by atoms with Crippen molar-refractivity contribution < 1.29 is 13.9 Å². The summed E-state index contributed by atoms with van der Waals surface area (Å²) in [6.45, 7) is 2.74. The lowest BCUT2D eigenvalue weighted by Gasteiger charge is -2.09. The number of halogens is 2. The third kappa shape index (κ3) is 6.42. The first-order valence-electron chi connectivity index (χ1n) is 7.52. The summed E-state index contributed by atoms with van der Waals surface area (Å²) in [5.74, 6) is 1.41. The van der Waals surface area contributed by atoms with Crippen molar-refractivity contribution in [3.63, 3.8) is 0 Å². The lowest BCUT2D eigenvalue weighted by atomic mass is 10.2. The molecule has 0 saturated heterocycles. The molecule has 0 spiro atoms. The standard InChI is InChI=1S/C18H19ClFNO2S/c1-13-2-7-16(10-17(13)19)23-9-8-21-18(22)12-24-11-14-3-5-15(20)6-4-14/h2-7,10H,8-9,11-12H2,1H3,(H,21,22). The first kappa shape index (κ1) is 18.6. The van der Waals surface area contributed by atoms with Gasteiger partial charge >= 0.3 is 0 Å². The molecule has 128 valence electrons. The molecule has 0 unspecified atom stereocenters. The lowest BCUT2D eigenvalue weighted by molar-refractivity contribution is -0.118. The first-order chi connectivity index (χ1) is 11.5. The van der Waals surface area contributed by atoms with Gasteiger partial charge < -0.3 is 10.1 Å². The second-order valence-electron chi connectivity index (χ2n) is 5.23. The molecule has 6 heteroatoms. The molecule has 2 aromatic rings. The number of carbonyl (C=O) groups is 1. The summed E-state index contributed by atoms with van der Waals surface area (Å²) in [4.78, 5) is 11.7. The van der Waals surface area contributed by atoms with Gasteiger partial charge in [-0.05, 0) is 42.3 Å². The molecule has 2 aromatic carbocycles. The molecule has 3 nitrogen and oxygen atoms in total. The molecule has 2 rings (SSSR count). The largest absolute Gasteiger partial charge is 0.492 e. The SMILES string of the molecule is Cc1ccc(OCCNC(=O)CSCc2ccc(F)cc2)cc1Cl. The van der Waals surface area contributed by atoms with Gasteiger partial charge in [0.15, 0.2) is 0 Å². The molecular weight excluding hydrogens is 349 g/mol. The van der Waals surface area contributed by atoms with Crippen molar-refractivity contribution in [3.8, 4) is 5.75 Å². The van der Waals surface area contributed by atoms with Gasteiger partial charge in [0.05, 0.1) is 12.3 Å². The fourth-order valence-corrected chi connectivity index (χ4v) is 2.90. The molecule has 1 N–H and O–H groups in total. The van der Waals surface area contributed by atoms with Crippen LogP contribution in [-0.2, 0) is 10.5 Å². The van der Waals surface area contributed by atoms with Gasteiger partial charge in [0, 0.05) is 10.8 Å². The Labute approximate surface area is 150 Å². The van der Waals surface area contributed by atoms with Crippen molar-refractivity contribution in [3.05, 3.63) is 64.4 Å². The van der Waals surface area contributed by atoms with E-state index in [-0.39, 0.29) is 11.7 Å². The fourth-order valence-electron chi connectivity index (χ4n) is 1.92. The summed E-state index contributed by atoms with van der Waals surface area (Å²) in [6, 6.07) is 11.8. The summed E-state index contributed by atoms with van der Waals surface area (Å²) in [6.07, 6.45) is 0. The van der Waals surface area contributed by atoms with Crippen molar-refractivity contribution in [2.24, 2.45) is 0 Å². The molecule has 0 aliphatic heterocycles. The molecule has 0 heterocycles. The zero-order valence-corrected chi connectivity index (χ0v) is 14.9. The predicted octanol–water partition coefficient (Wildman–Crippen LogP) is 4.22. The number of rotatable bonds is 8. The lowest BCUT2D eigenvalue weighted by Crippen LogP contribution is -2.29. The molecular formula is C18H19ClFNO2S. The highest BCUT2D eigenvalue weighted by atomic mass is 35.5. The van der Waals surface area contributed by atoms with Crippen LogP contribution in [0.15, 0.2) is 42.5 Å². The van der Waals surface area contributed by atoms with Gasteiger partial charge in [0.2, 0.25) is 5.91 Å². The van der Waals surface area contributed by atoms with E-state index in [0.717, 1.165) is 11.1 Å². The van der Waals surface area contributed by atoms with E-state index in [9.17, 15) is 9.18 Å². The topological polar surface area (TPSA) is 38.3 Å². The van der Waals surface area contributed by atoms with Crippen molar-refractivity contribution in [2.45, 2.75) is 12.7 Å². The predicted molar refractivity (Wildman–Crippen MR) is 97.3 cm³/mol. The first-order valence-corrected chi connectivity index (χ1v) is 9.05. The molecule has 0 aliphatic carbocycles. The molecule has 0 radical (unpaired) electrons. The zero-order valence-electron chi connectivity index (χ0n) is 13.4. The van der Waals surface area contributed by atoms with Crippen LogP contribution in [-0.4, -0.2) is 24.8 Å². The molecule has 0 saturated carbocycles. The fraction of sp³-hybridized carbons (Fsp3) is 0.278. The minimum absolute atomic E-state index is 0.0485. The smallest absolute Gasteiger partial charge is 0.230 e. The monoisotopic (exact) mass is 367 g/mol. The van der Waals surface area contributed by atoms with Crippen LogP contribution < -0.4 is 10.1 Å². The van der Waals surface area contributed by atoms with Crippen LogP contribution >= 0.6 is 23.4 Å². The highest BCUT2D eigenvalue weighted by molar-refractivity contribution is 7.99. The maximum atomic E-state index is 12.8. The molecule has 0 atom stereocenters. The number of ether oxygens (including phenoxy) is 1. The van der Waals surface area contributed by atoms with Crippen molar-refractivity contribution >= 4 is 29.3 Å². The molecule has 24 heavy (non-hydrogen) atoms. The van der Waals surface area contributed by atoms with Crippen LogP contribution in [0.5, 0.6) is 5.75 Å². The summed E-state index contributed by atoms with van der Waals surface area (Å²) < 4.78 is 18.3. The summed E-state index contributed by atoms with van der Waals surface area (Å²) in [5.41, 5.74) is 1.99. The summed E-state index contributed by atoms with van der Waals surface area (Å²) in [7, 11) is 0. The van der Waals surface area contributed by atoms with Gasteiger partial charge in [-0.15, -0.1) is 11.8 Å². The summed E-state index contributed by atoms with van der Waals surface area (Å²) in [5, 5.41) is 3.46. The number of carbonyl (C=O) groups excluding carboxylic acids is 1. The number of benzene rings is 2. The van der Waals surface area contributed by atoms with E-state index in [4.69, 9.17) is 16.3 Å². The van der Waals surface area contributed by atoms with E-state index < -0.39 is 0 Å². The highest BCUT2D eigenvalue weighted by Gasteiger charge is 2.03. The van der Waals surface area contributed by atoms with E-state index in [1.54, 1.807) is 18.2 Å². The molecule has 0 aliphatic rings. The maximum absolute atomic E-state index is 12.8. The van der Waals surface area contributed by atoms with Crippen LogP contribution in [0.2, 0.25) is 5.02 Å². The third-order valence-electron chi connectivity index (χ3n) is 3.25. The quantitative estimate of drug-likeness (QED) is 0.710. The number of nitrogens with one attached hydrogen (secondary N) is 1. The Morgan fingerprint density at radius 1 is 1.25 bits per heavy atom. The van der Waals surface area contributed by atoms with Crippen molar-refractivity contribution in [1.29, 1.82) is 0 Å². The average Bonchev–Trinajstić information content (AvgIpc) is 2.56. The van der Waals surface area contributed by atoms with Gasteiger partial charge in [-0.1, -0.05) is 29.8 Å². The Balaban J connectivity index is 1.59. The van der Waals surface area contributed by atoms with Gasteiger partial charge in [-0.2, -0.15) is 0 Å². The second-order valence-corrected chi connectivity index (χ2v) is 6.62. The van der Waals surface area contributed by atoms with Crippen LogP contribution in [0.4, 0.5) is 4.39 Å². The molecule has 0 bridgehead atoms. The number of aryl methyl sites for hydroxylation is 1.